The third-order valence-electron chi connectivity index (χ3n) is 5.03. The van der Waals surface area contributed by atoms with E-state index in [1.807, 2.05) is 6.92 Å². The third-order valence-corrected chi connectivity index (χ3v) is 5.66. The van der Waals surface area contributed by atoms with Crippen molar-refractivity contribution in [1.82, 2.24) is 15.2 Å². The van der Waals surface area contributed by atoms with Gasteiger partial charge in [-0.05, 0) is 38.0 Å². The van der Waals surface area contributed by atoms with Gasteiger partial charge in [0.2, 0.25) is 5.91 Å². The number of nitrogens with zero attached hydrogens (tertiary/aromatic N) is 1. The Hall–Kier alpha value is -1.76. The van der Waals surface area contributed by atoms with E-state index in [1.54, 1.807) is 30.2 Å². The van der Waals surface area contributed by atoms with Crippen LogP contribution in [0.4, 0.5) is 0 Å². The largest absolute Gasteiger partial charge is 0.383 e. The molecular weight excluding hydrogens is 389 g/mol. The molecule has 1 fully saturated rings. The molecule has 0 unspecified atom stereocenters. The summed E-state index contributed by atoms with van der Waals surface area (Å²) < 4.78 is 4.96. The zero-order valence-corrected chi connectivity index (χ0v) is 16.9. The predicted octanol–water partition coefficient (Wildman–Crippen LogP) is 3.48. The number of nitrogens with one attached hydrogen (secondary N) is 2. The molecule has 2 N–H and O–H groups in total. The minimum atomic E-state index is -0.236. The van der Waals surface area contributed by atoms with Crippen LogP contribution in [0.1, 0.15) is 30.3 Å². The molecule has 6 nitrogen and oxygen atoms in total. The number of aromatic nitrogens is 1. The molecule has 0 spiro atoms. The fraction of sp³-hybridized carbons (Fsp3) is 0.474. The lowest BCUT2D eigenvalue weighted by Crippen LogP contribution is -2.49. The molecule has 146 valence electrons. The number of benzene rings is 1. The van der Waals surface area contributed by atoms with Gasteiger partial charge in [0.1, 0.15) is 5.69 Å². The fourth-order valence-corrected chi connectivity index (χ4v) is 3.90. The normalized spacial score (nSPS) is 20.1. The standard InChI is InChI=1S/C19H23Cl2N3O3/c1-11-3-4-12(18(25)22-7-8-27-2)10-24(11)19(26)17-16(21)14-9-13(20)5-6-15(14)23-17/h5-6,9,11-12,23H,3-4,7-8,10H2,1-2H3,(H,22,25)/t11-,12+/m0/s1. The van der Waals surface area contributed by atoms with Crippen molar-refractivity contribution in [3.8, 4) is 0 Å². The van der Waals surface area contributed by atoms with Gasteiger partial charge in [-0.15, -0.1) is 0 Å². The molecular formula is C19H23Cl2N3O3. The summed E-state index contributed by atoms with van der Waals surface area (Å²) in [4.78, 5) is 30.3. The van der Waals surface area contributed by atoms with Crippen molar-refractivity contribution in [2.45, 2.75) is 25.8 Å². The first kappa shape index (κ1) is 20.0. The monoisotopic (exact) mass is 411 g/mol. The van der Waals surface area contributed by atoms with Gasteiger partial charge in [0.15, 0.2) is 0 Å². The summed E-state index contributed by atoms with van der Waals surface area (Å²) in [7, 11) is 1.59. The molecule has 1 aliphatic heterocycles. The van der Waals surface area contributed by atoms with Crippen LogP contribution in [0.15, 0.2) is 18.2 Å². The lowest BCUT2D eigenvalue weighted by Gasteiger charge is -2.37. The predicted molar refractivity (Wildman–Crippen MR) is 106 cm³/mol. The maximum Gasteiger partial charge on any atom is 0.272 e. The van der Waals surface area contributed by atoms with E-state index in [0.29, 0.717) is 40.8 Å². The molecule has 2 aromatic rings. The van der Waals surface area contributed by atoms with Gasteiger partial charge in [0.05, 0.1) is 17.5 Å². The summed E-state index contributed by atoms with van der Waals surface area (Å²) in [5, 5.41) is 4.48. The second kappa shape index (κ2) is 8.50. The number of H-pyrrole nitrogens is 1. The number of hydrogen-bond acceptors (Lipinski definition) is 3. The number of hydrogen-bond donors (Lipinski definition) is 2. The highest BCUT2D eigenvalue weighted by atomic mass is 35.5. The number of halogens is 2. The van der Waals surface area contributed by atoms with Gasteiger partial charge in [0.25, 0.3) is 5.91 Å². The highest BCUT2D eigenvalue weighted by molar-refractivity contribution is 6.39. The molecule has 3 rings (SSSR count). The lowest BCUT2D eigenvalue weighted by molar-refractivity contribution is -0.126. The quantitative estimate of drug-likeness (QED) is 0.739. The van der Waals surface area contributed by atoms with Crippen LogP contribution in [0.3, 0.4) is 0 Å². The minimum Gasteiger partial charge on any atom is -0.383 e. The summed E-state index contributed by atoms with van der Waals surface area (Å²) >= 11 is 12.5. The van der Waals surface area contributed by atoms with Crippen molar-refractivity contribution in [2.75, 3.05) is 26.8 Å². The molecule has 27 heavy (non-hydrogen) atoms. The van der Waals surface area contributed by atoms with E-state index in [-0.39, 0.29) is 23.8 Å². The van der Waals surface area contributed by atoms with E-state index in [4.69, 9.17) is 27.9 Å². The number of methoxy groups -OCH3 is 1. The molecule has 0 bridgehead atoms. The minimum absolute atomic E-state index is 0.0339. The SMILES string of the molecule is COCCNC(=O)[C@@H]1CC[C@H](C)N(C(=O)c2[nH]c3ccc(Cl)cc3c2Cl)C1. The van der Waals surface area contributed by atoms with Gasteiger partial charge in [-0.2, -0.15) is 0 Å². The second-order valence-electron chi connectivity index (χ2n) is 6.87. The summed E-state index contributed by atoms with van der Waals surface area (Å²) in [5.74, 6) is -0.486. The molecule has 0 aliphatic carbocycles. The Balaban J connectivity index is 1.78. The maximum absolute atomic E-state index is 13.1. The zero-order valence-electron chi connectivity index (χ0n) is 15.4. The molecule has 1 aromatic heterocycles. The van der Waals surface area contributed by atoms with Crippen LogP contribution in [0, 0.1) is 5.92 Å². The molecule has 1 aliphatic rings. The number of ether oxygens (including phenoxy) is 1. The number of likely N-dealkylation sites (tertiary alicyclic amines) is 1. The first-order valence-electron chi connectivity index (χ1n) is 8.96. The van der Waals surface area contributed by atoms with E-state index < -0.39 is 0 Å². The Labute approximate surface area is 168 Å². The average molecular weight is 412 g/mol. The summed E-state index contributed by atoms with van der Waals surface area (Å²) in [5.41, 5.74) is 1.09. The van der Waals surface area contributed by atoms with Gasteiger partial charge in [-0.1, -0.05) is 23.2 Å². The fourth-order valence-electron chi connectivity index (χ4n) is 3.45. The first-order chi connectivity index (χ1) is 12.9. The molecule has 2 heterocycles. The zero-order chi connectivity index (χ0) is 19.6. The number of fused-ring (bicyclic) bond motifs is 1. The van der Waals surface area contributed by atoms with E-state index in [2.05, 4.69) is 10.3 Å². The Morgan fingerprint density at radius 3 is 2.85 bits per heavy atom. The van der Waals surface area contributed by atoms with Gasteiger partial charge < -0.3 is 19.9 Å². The number of piperidine rings is 1. The topological polar surface area (TPSA) is 74.4 Å². The van der Waals surface area contributed by atoms with Crippen molar-refractivity contribution < 1.29 is 14.3 Å². The number of rotatable bonds is 5. The Morgan fingerprint density at radius 1 is 1.33 bits per heavy atom. The van der Waals surface area contributed by atoms with Gasteiger partial charge in [0, 0.05) is 42.2 Å². The van der Waals surface area contributed by atoms with E-state index >= 15 is 0 Å². The van der Waals surface area contributed by atoms with Crippen molar-refractivity contribution in [3.05, 3.63) is 33.9 Å². The van der Waals surface area contributed by atoms with E-state index in [1.165, 1.54) is 0 Å². The van der Waals surface area contributed by atoms with E-state index in [9.17, 15) is 9.59 Å². The average Bonchev–Trinajstić information content (AvgIpc) is 2.98. The number of carbonyl (C=O) groups is 2. The molecule has 8 heteroatoms. The second-order valence-corrected chi connectivity index (χ2v) is 7.68. The highest BCUT2D eigenvalue weighted by Crippen LogP contribution is 2.32. The molecule has 1 aromatic carbocycles. The van der Waals surface area contributed by atoms with Crippen LogP contribution in [0.5, 0.6) is 0 Å². The van der Waals surface area contributed by atoms with Crippen molar-refractivity contribution in [1.29, 1.82) is 0 Å². The van der Waals surface area contributed by atoms with E-state index in [0.717, 1.165) is 18.4 Å². The lowest BCUT2D eigenvalue weighted by atomic mass is 9.92. The summed E-state index contributed by atoms with van der Waals surface area (Å²) in [6.07, 6.45) is 1.51. The van der Waals surface area contributed by atoms with Crippen molar-refractivity contribution >= 4 is 45.9 Å². The van der Waals surface area contributed by atoms with Crippen LogP contribution in [-0.2, 0) is 9.53 Å². The van der Waals surface area contributed by atoms with Crippen LogP contribution >= 0.6 is 23.2 Å². The number of aromatic amines is 1. The van der Waals surface area contributed by atoms with Crippen molar-refractivity contribution in [3.63, 3.8) is 0 Å². The smallest absolute Gasteiger partial charge is 0.272 e. The van der Waals surface area contributed by atoms with Crippen LogP contribution in [0.25, 0.3) is 10.9 Å². The van der Waals surface area contributed by atoms with Gasteiger partial charge >= 0.3 is 0 Å². The third kappa shape index (κ3) is 4.23. The van der Waals surface area contributed by atoms with Crippen LogP contribution in [-0.4, -0.2) is 54.5 Å². The molecule has 2 atom stereocenters. The van der Waals surface area contributed by atoms with Gasteiger partial charge in [-0.25, -0.2) is 0 Å². The van der Waals surface area contributed by atoms with Crippen molar-refractivity contribution in [2.24, 2.45) is 5.92 Å². The number of carbonyl (C=O) groups excluding carboxylic acids is 2. The summed E-state index contributed by atoms with van der Waals surface area (Å²) in [6.45, 7) is 3.28. The van der Waals surface area contributed by atoms with Gasteiger partial charge in [-0.3, -0.25) is 9.59 Å². The molecule has 0 saturated carbocycles. The first-order valence-corrected chi connectivity index (χ1v) is 9.72. The van der Waals surface area contributed by atoms with Crippen LogP contribution < -0.4 is 5.32 Å². The molecule has 2 amide bonds. The summed E-state index contributed by atoms with van der Waals surface area (Å²) in [6, 6.07) is 5.31. The Bertz CT molecular complexity index is 852. The molecule has 0 radical (unpaired) electrons. The van der Waals surface area contributed by atoms with Crippen LogP contribution in [0.2, 0.25) is 10.0 Å². The number of amides is 2. The Morgan fingerprint density at radius 2 is 2.11 bits per heavy atom. The maximum atomic E-state index is 13.1. The highest BCUT2D eigenvalue weighted by Gasteiger charge is 2.34. The molecule has 1 saturated heterocycles. The Kier molecular flexibility index (Phi) is 6.29.